The van der Waals surface area contributed by atoms with Gasteiger partial charge in [-0.05, 0) is 18.2 Å². The molecule has 0 bridgehead atoms. The highest BCUT2D eigenvalue weighted by Crippen LogP contribution is 2.20. The molecule has 0 spiro atoms. The molecule has 86 valence electrons. The molecule has 1 aromatic heterocycles. The Bertz CT molecular complexity index is 682. The zero-order valence-electron chi connectivity index (χ0n) is 9.43. The van der Waals surface area contributed by atoms with Gasteiger partial charge in [-0.3, -0.25) is 0 Å². The largest absolute Gasteiger partial charge is 0.497 e. The number of ether oxygens (including phenoxy) is 1. The van der Waals surface area contributed by atoms with Crippen molar-refractivity contribution in [2.45, 2.75) is 6.92 Å². The van der Waals surface area contributed by atoms with Crippen LogP contribution in [0.2, 0.25) is 0 Å². The van der Waals surface area contributed by atoms with Crippen LogP contribution in [-0.4, -0.2) is 17.6 Å². The lowest BCUT2D eigenvalue weighted by Gasteiger charge is -2.01. The normalized spacial score (nSPS) is 10.0. The zero-order valence-corrected chi connectivity index (χ0v) is 9.43. The first-order valence-electron chi connectivity index (χ1n) is 4.96. The Hall–Kier alpha value is -2.39. The van der Waals surface area contributed by atoms with Crippen molar-refractivity contribution < 1.29 is 13.9 Å². The van der Waals surface area contributed by atoms with Gasteiger partial charge in [0.15, 0.2) is 0 Å². The van der Waals surface area contributed by atoms with Gasteiger partial charge in [0.05, 0.1) is 7.11 Å². The highest BCUT2D eigenvalue weighted by molar-refractivity contribution is 5.96. The Morgan fingerprint density at radius 3 is 2.82 bits per heavy atom. The van der Waals surface area contributed by atoms with Crippen LogP contribution in [-0.2, 0) is 0 Å². The molecular weight excluding hydrogens is 220 g/mol. The summed E-state index contributed by atoms with van der Waals surface area (Å²) in [5.74, 6) is 0.612. The van der Waals surface area contributed by atoms with E-state index in [4.69, 9.17) is 14.7 Å². The van der Waals surface area contributed by atoms with Gasteiger partial charge in [0, 0.05) is 18.4 Å². The summed E-state index contributed by atoms with van der Waals surface area (Å²) in [6, 6.07) is 6.78. The zero-order chi connectivity index (χ0) is 12.4. The van der Waals surface area contributed by atoms with Crippen molar-refractivity contribution in [1.29, 1.82) is 0 Å². The van der Waals surface area contributed by atoms with Crippen LogP contribution in [0.25, 0.3) is 16.5 Å². The van der Waals surface area contributed by atoms with E-state index in [1.165, 1.54) is 14.0 Å². The van der Waals surface area contributed by atoms with Gasteiger partial charge in [-0.1, -0.05) is 0 Å². The molecule has 0 atom stereocenters. The molecule has 17 heavy (non-hydrogen) atoms. The van der Waals surface area contributed by atoms with Gasteiger partial charge in [-0.15, -0.1) is 0 Å². The summed E-state index contributed by atoms with van der Waals surface area (Å²) < 4.78 is 10.2. The SMILES string of the molecule is COc1ccc2cc(C(C)=[N+]=[N-])c(=O)oc2c1. The van der Waals surface area contributed by atoms with Gasteiger partial charge in [0.25, 0.3) is 0 Å². The molecule has 0 unspecified atom stereocenters. The van der Waals surface area contributed by atoms with Crippen LogP contribution >= 0.6 is 0 Å². The lowest BCUT2D eigenvalue weighted by molar-refractivity contribution is -0.00481. The minimum absolute atomic E-state index is 0.219. The Balaban J connectivity index is 2.75. The molecule has 0 N–H and O–H groups in total. The highest BCUT2D eigenvalue weighted by Gasteiger charge is 2.13. The fraction of sp³-hybridized carbons (Fsp3) is 0.167. The van der Waals surface area contributed by atoms with E-state index in [1.807, 2.05) is 0 Å². The number of hydrogen-bond donors (Lipinski definition) is 0. The summed E-state index contributed by atoms with van der Waals surface area (Å²) in [5.41, 5.74) is 9.01. The Labute approximate surface area is 96.9 Å². The van der Waals surface area contributed by atoms with E-state index in [9.17, 15) is 4.79 Å². The van der Waals surface area contributed by atoms with Gasteiger partial charge >= 0.3 is 11.3 Å². The topological polar surface area (TPSA) is 75.8 Å². The van der Waals surface area contributed by atoms with E-state index in [0.717, 1.165) is 5.39 Å². The maximum Gasteiger partial charge on any atom is 0.351 e. The minimum Gasteiger partial charge on any atom is -0.497 e. The third-order valence-corrected chi connectivity index (χ3v) is 2.48. The van der Waals surface area contributed by atoms with E-state index in [2.05, 4.69) is 4.79 Å². The summed E-state index contributed by atoms with van der Waals surface area (Å²) in [6.45, 7) is 1.53. The number of methoxy groups -OCH3 is 1. The van der Waals surface area contributed by atoms with E-state index in [1.54, 1.807) is 24.3 Å². The molecule has 0 saturated heterocycles. The van der Waals surface area contributed by atoms with Gasteiger partial charge in [0.1, 0.15) is 16.9 Å². The molecule has 1 aromatic carbocycles. The van der Waals surface area contributed by atoms with Crippen LogP contribution in [0.1, 0.15) is 12.5 Å². The first-order chi connectivity index (χ1) is 8.15. The summed E-state index contributed by atoms with van der Waals surface area (Å²) >= 11 is 0. The van der Waals surface area contributed by atoms with Crippen molar-refractivity contribution in [1.82, 2.24) is 0 Å². The van der Waals surface area contributed by atoms with Crippen LogP contribution in [0.5, 0.6) is 5.75 Å². The third-order valence-electron chi connectivity index (χ3n) is 2.48. The molecule has 2 rings (SSSR count). The van der Waals surface area contributed by atoms with Crippen LogP contribution in [0.3, 0.4) is 0 Å². The van der Waals surface area contributed by atoms with Crippen molar-refractivity contribution in [2.24, 2.45) is 0 Å². The fourth-order valence-corrected chi connectivity index (χ4v) is 1.52. The van der Waals surface area contributed by atoms with E-state index < -0.39 is 5.63 Å². The Morgan fingerprint density at radius 2 is 2.18 bits per heavy atom. The lowest BCUT2D eigenvalue weighted by atomic mass is 10.1. The van der Waals surface area contributed by atoms with E-state index in [-0.39, 0.29) is 11.3 Å². The number of rotatable bonds is 2. The molecule has 0 amide bonds. The van der Waals surface area contributed by atoms with Crippen molar-refractivity contribution in [3.05, 3.63) is 45.8 Å². The van der Waals surface area contributed by atoms with E-state index >= 15 is 0 Å². The van der Waals surface area contributed by atoms with Crippen molar-refractivity contribution in [3.8, 4) is 5.75 Å². The van der Waals surface area contributed by atoms with Gasteiger partial charge in [-0.2, -0.15) is 4.79 Å². The maximum atomic E-state index is 11.6. The van der Waals surface area contributed by atoms with E-state index in [0.29, 0.717) is 11.3 Å². The first kappa shape index (κ1) is 11.1. The van der Waals surface area contributed by atoms with Crippen molar-refractivity contribution >= 4 is 16.7 Å². The second-order valence-corrected chi connectivity index (χ2v) is 3.54. The maximum absolute atomic E-state index is 11.6. The Morgan fingerprint density at radius 1 is 1.41 bits per heavy atom. The molecule has 2 aromatic rings. The molecule has 0 aliphatic carbocycles. The highest BCUT2D eigenvalue weighted by atomic mass is 16.5. The molecule has 0 fully saturated rings. The number of nitrogens with zero attached hydrogens (tertiary/aromatic N) is 2. The van der Waals surface area contributed by atoms with Crippen molar-refractivity contribution in [2.75, 3.05) is 7.11 Å². The molecule has 0 saturated carbocycles. The summed E-state index contributed by atoms with van der Waals surface area (Å²) in [7, 11) is 1.54. The number of benzene rings is 1. The van der Waals surface area contributed by atoms with Crippen LogP contribution < -0.4 is 10.4 Å². The molecule has 5 heteroatoms. The van der Waals surface area contributed by atoms with Crippen LogP contribution in [0.15, 0.2) is 33.5 Å². The minimum atomic E-state index is -0.541. The van der Waals surface area contributed by atoms with Gasteiger partial charge in [-0.25, -0.2) is 4.79 Å². The number of hydrogen-bond acceptors (Lipinski definition) is 3. The summed E-state index contributed by atoms with van der Waals surface area (Å²) in [6.07, 6.45) is 0. The monoisotopic (exact) mass is 230 g/mol. The quantitative estimate of drug-likeness (QED) is 0.342. The standard InChI is InChI=1S/C12H10N2O3/c1-7(14-13)10-5-8-3-4-9(16-2)6-11(8)17-12(10)15/h3-6H,1-2H3. The molecule has 5 nitrogen and oxygen atoms in total. The smallest absolute Gasteiger partial charge is 0.351 e. The lowest BCUT2D eigenvalue weighted by Crippen LogP contribution is -2.12. The van der Waals surface area contributed by atoms with Gasteiger partial charge in [0.2, 0.25) is 0 Å². The van der Waals surface area contributed by atoms with Crippen molar-refractivity contribution in [3.63, 3.8) is 0 Å². The number of fused-ring (bicyclic) bond motifs is 1. The average molecular weight is 230 g/mol. The third kappa shape index (κ3) is 1.96. The predicted octanol–water partition coefficient (Wildman–Crippen LogP) is 1.84. The predicted molar refractivity (Wildman–Crippen MR) is 62.4 cm³/mol. The molecule has 1 heterocycles. The molecule has 0 aliphatic rings. The molecular formula is C12H10N2O3. The molecule has 0 radical (unpaired) electrons. The Kier molecular flexibility index (Phi) is 2.77. The van der Waals surface area contributed by atoms with Crippen LogP contribution in [0.4, 0.5) is 0 Å². The first-order valence-corrected chi connectivity index (χ1v) is 4.96. The molecule has 0 aliphatic heterocycles. The summed E-state index contributed by atoms with van der Waals surface area (Å²) in [4.78, 5) is 14.6. The average Bonchev–Trinajstić information content (AvgIpc) is 2.36. The second kappa shape index (κ2) is 4.23. The van der Waals surface area contributed by atoms with Crippen LogP contribution in [0, 0.1) is 0 Å². The van der Waals surface area contributed by atoms with Gasteiger partial charge < -0.3 is 14.7 Å². The fourth-order valence-electron chi connectivity index (χ4n) is 1.52. The summed E-state index contributed by atoms with van der Waals surface area (Å²) in [5, 5.41) is 0.739. The second-order valence-electron chi connectivity index (χ2n) is 3.54.